The van der Waals surface area contributed by atoms with E-state index in [4.69, 9.17) is 5.73 Å². The van der Waals surface area contributed by atoms with E-state index in [-0.39, 0.29) is 0 Å². The average Bonchev–Trinajstić information content (AvgIpc) is 2.67. The average molecular weight is 225 g/mol. The van der Waals surface area contributed by atoms with Crippen LogP contribution in [0, 0.1) is 0 Å². The van der Waals surface area contributed by atoms with Crippen molar-refractivity contribution in [1.82, 2.24) is 19.9 Å². The second-order valence-corrected chi connectivity index (χ2v) is 4.62. The fraction of sp³-hybridized carbons (Fsp3) is 0.818. The molecular weight excluding hydrogens is 202 g/mol. The van der Waals surface area contributed by atoms with E-state index in [1.165, 1.54) is 0 Å². The van der Waals surface area contributed by atoms with Crippen molar-refractivity contribution in [1.29, 1.82) is 0 Å². The fourth-order valence-corrected chi connectivity index (χ4v) is 1.49. The van der Waals surface area contributed by atoms with Crippen molar-refractivity contribution in [3.8, 4) is 0 Å². The summed E-state index contributed by atoms with van der Waals surface area (Å²) in [5.41, 5.74) is 6.38. The van der Waals surface area contributed by atoms with Crippen LogP contribution >= 0.6 is 0 Å². The van der Waals surface area contributed by atoms with E-state index in [1.54, 1.807) is 0 Å². The Labute approximate surface area is 97.6 Å². The zero-order valence-electron chi connectivity index (χ0n) is 10.8. The van der Waals surface area contributed by atoms with Crippen molar-refractivity contribution in [2.45, 2.75) is 39.8 Å². The third-order valence-corrected chi connectivity index (χ3v) is 2.74. The molecule has 0 atom stereocenters. The van der Waals surface area contributed by atoms with Gasteiger partial charge in [-0.25, -0.2) is 0 Å². The van der Waals surface area contributed by atoms with Gasteiger partial charge in [-0.1, -0.05) is 19.1 Å². The van der Waals surface area contributed by atoms with Gasteiger partial charge >= 0.3 is 0 Å². The van der Waals surface area contributed by atoms with Gasteiger partial charge in [-0.2, -0.15) is 0 Å². The van der Waals surface area contributed by atoms with Gasteiger partial charge in [0.1, 0.15) is 5.69 Å². The third-order valence-electron chi connectivity index (χ3n) is 2.74. The van der Waals surface area contributed by atoms with Gasteiger partial charge < -0.3 is 10.6 Å². The second-order valence-electron chi connectivity index (χ2n) is 4.62. The first-order chi connectivity index (χ1) is 7.47. The van der Waals surface area contributed by atoms with Crippen LogP contribution in [0.25, 0.3) is 0 Å². The molecule has 2 N–H and O–H groups in total. The predicted octanol–water partition coefficient (Wildman–Crippen LogP) is 0.814. The molecule has 5 heteroatoms. The number of rotatable bonds is 6. The number of hydrogen-bond acceptors (Lipinski definition) is 4. The lowest BCUT2D eigenvalue weighted by Crippen LogP contribution is -2.29. The van der Waals surface area contributed by atoms with Crippen LogP contribution in [0.5, 0.6) is 0 Å². The van der Waals surface area contributed by atoms with Crippen LogP contribution in [0.1, 0.15) is 33.4 Å². The van der Waals surface area contributed by atoms with Gasteiger partial charge in [0.25, 0.3) is 0 Å². The third kappa shape index (κ3) is 3.57. The van der Waals surface area contributed by atoms with Gasteiger partial charge in [0.15, 0.2) is 0 Å². The Morgan fingerprint density at radius 3 is 2.44 bits per heavy atom. The first-order valence-electron chi connectivity index (χ1n) is 5.89. The molecule has 1 rings (SSSR count). The Morgan fingerprint density at radius 1 is 1.38 bits per heavy atom. The quantitative estimate of drug-likeness (QED) is 0.778. The van der Waals surface area contributed by atoms with Crippen molar-refractivity contribution >= 4 is 0 Å². The molecule has 0 radical (unpaired) electrons. The molecule has 1 aromatic heterocycles. The number of nitrogens with zero attached hydrogens (tertiary/aromatic N) is 4. The topological polar surface area (TPSA) is 60.0 Å². The number of aromatic nitrogens is 3. The molecule has 0 amide bonds. The molecule has 0 fully saturated rings. The Bertz CT molecular complexity index is 308. The van der Waals surface area contributed by atoms with Crippen LogP contribution in [-0.4, -0.2) is 39.5 Å². The zero-order valence-corrected chi connectivity index (χ0v) is 10.8. The normalized spacial score (nSPS) is 12.4. The molecule has 0 unspecified atom stereocenters. The van der Waals surface area contributed by atoms with Gasteiger partial charge in [0.05, 0.1) is 18.3 Å². The minimum atomic E-state index is -0.409. The number of nitrogens with two attached hydrogens (primary N) is 1. The molecule has 0 saturated heterocycles. The summed E-state index contributed by atoms with van der Waals surface area (Å²) in [5.74, 6) is 0. The lowest BCUT2D eigenvalue weighted by Gasteiger charge is -2.17. The summed E-state index contributed by atoms with van der Waals surface area (Å²) >= 11 is 0. The Morgan fingerprint density at radius 2 is 2.00 bits per heavy atom. The minimum Gasteiger partial charge on any atom is -0.320 e. The summed E-state index contributed by atoms with van der Waals surface area (Å²) < 4.78 is 1.86. The second kappa shape index (κ2) is 5.41. The summed E-state index contributed by atoms with van der Waals surface area (Å²) in [4.78, 5) is 2.36. The van der Waals surface area contributed by atoms with Crippen LogP contribution in [0.2, 0.25) is 0 Å². The lowest BCUT2D eigenvalue weighted by atomic mass is 10.0. The monoisotopic (exact) mass is 225 g/mol. The van der Waals surface area contributed by atoms with Gasteiger partial charge in [-0.15, -0.1) is 5.10 Å². The SMILES string of the molecule is CCN(CC)CCn1cc(C(C)(C)N)nn1. The van der Waals surface area contributed by atoms with Gasteiger partial charge in [0, 0.05) is 6.54 Å². The highest BCUT2D eigenvalue weighted by Crippen LogP contribution is 2.12. The highest BCUT2D eigenvalue weighted by Gasteiger charge is 2.18. The van der Waals surface area contributed by atoms with E-state index in [1.807, 2.05) is 24.7 Å². The molecular formula is C11H23N5. The summed E-state index contributed by atoms with van der Waals surface area (Å²) in [5, 5.41) is 8.17. The standard InChI is InChI=1S/C11H23N5/c1-5-15(6-2)7-8-16-9-10(13-14-16)11(3,4)12/h9H,5-8,12H2,1-4H3. The van der Waals surface area contributed by atoms with Gasteiger partial charge in [-0.05, 0) is 26.9 Å². The Hall–Kier alpha value is -0.940. The van der Waals surface area contributed by atoms with E-state index in [2.05, 4.69) is 29.1 Å². The summed E-state index contributed by atoms with van der Waals surface area (Å²) in [7, 11) is 0. The molecule has 16 heavy (non-hydrogen) atoms. The largest absolute Gasteiger partial charge is 0.320 e. The van der Waals surface area contributed by atoms with Crippen LogP contribution in [0.15, 0.2) is 6.20 Å². The van der Waals surface area contributed by atoms with E-state index in [0.717, 1.165) is 31.9 Å². The zero-order chi connectivity index (χ0) is 12.2. The predicted molar refractivity (Wildman–Crippen MR) is 65.0 cm³/mol. The molecule has 0 spiro atoms. The van der Waals surface area contributed by atoms with E-state index in [9.17, 15) is 0 Å². The van der Waals surface area contributed by atoms with Crippen molar-refractivity contribution in [2.24, 2.45) is 5.73 Å². The highest BCUT2D eigenvalue weighted by atomic mass is 15.4. The molecule has 0 saturated carbocycles. The lowest BCUT2D eigenvalue weighted by molar-refractivity contribution is 0.284. The van der Waals surface area contributed by atoms with Crippen molar-refractivity contribution in [2.75, 3.05) is 19.6 Å². The minimum absolute atomic E-state index is 0.409. The molecule has 0 aliphatic carbocycles. The maximum Gasteiger partial charge on any atom is 0.102 e. The molecule has 92 valence electrons. The molecule has 0 aliphatic rings. The van der Waals surface area contributed by atoms with Crippen molar-refractivity contribution in [3.63, 3.8) is 0 Å². The molecule has 0 bridgehead atoms. The smallest absolute Gasteiger partial charge is 0.102 e. The van der Waals surface area contributed by atoms with Gasteiger partial charge in [-0.3, -0.25) is 4.68 Å². The van der Waals surface area contributed by atoms with E-state index >= 15 is 0 Å². The molecule has 0 aromatic carbocycles. The molecule has 5 nitrogen and oxygen atoms in total. The maximum atomic E-state index is 5.95. The van der Waals surface area contributed by atoms with Crippen LogP contribution in [0.4, 0.5) is 0 Å². The molecule has 0 aliphatic heterocycles. The van der Waals surface area contributed by atoms with Crippen LogP contribution < -0.4 is 5.73 Å². The van der Waals surface area contributed by atoms with E-state index < -0.39 is 5.54 Å². The first-order valence-corrected chi connectivity index (χ1v) is 5.89. The molecule has 1 aromatic rings. The maximum absolute atomic E-state index is 5.95. The van der Waals surface area contributed by atoms with E-state index in [0.29, 0.717) is 0 Å². The van der Waals surface area contributed by atoms with Crippen molar-refractivity contribution in [3.05, 3.63) is 11.9 Å². The first kappa shape index (κ1) is 13.1. The number of hydrogen-bond donors (Lipinski definition) is 1. The summed E-state index contributed by atoms with van der Waals surface area (Å²) in [6, 6.07) is 0. The molecule has 1 heterocycles. The summed E-state index contributed by atoms with van der Waals surface area (Å²) in [6.07, 6.45) is 1.93. The Kier molecular flexibility index (Phi) is 4.44. The van der Waals surface area contributed by atoms with Gasteiger partial charge in [0.2, 0.25) is 0 Å². The highest BCUT2D eigenvalue weighted by molar-refractivity contribution is 5.05. The number of likely N-dealkylation sites (N-methyl/N-ethyl adjacent to an activating group) is 1. The Balaban J connectivity index is 2.53. The summed E-state index contributed by atoms with van der Waals surface area (Å²) in [6.45, 7) is 12.2. The van der Waals surface area contributed by atoms with Crippen LogP contribution in [-0.2, 0) is 12.1 Å². The van der Waals surface area contributed by atoms with Crippen molar-refractivity contribution < 1.29 is 0 Å². The fourth-order valence-electron chi connectivity index (χ4n) is 1.49. The van der Waals surface area contributed by atoms with Crippen LogP contribution in [0.3, 0.4) is 0 Å².